The molecule has 0 spiro atoms. The lowest BCUT2D eigenvalue weighted by atomic mass is 10.1. The van der Waals surface area contributed by atoms with Crippen molar-refractivity contribution in [1.82, 2.24) is 24.9 Å². The average Bonchev–Trinajstić information content (AvgIpc) is 3.56. The summed E-state index contributed by atoms with van der Waals surface area (Å²) in [6.07, 6.45) is 2.33. The number of thiophene rings is 1. The maximum absolute atomic E-state index is 5.91. The third kappa shape index (κ3) is 4.05. The summed E-state index contributed by atoms with van der Waals surface area (Å²) in [7, 11) is 0. The van der Waals surface area contributed by atoms with Crippen molar-refractivity contribution in [2.45, 2.75) is 42.8 Å². The molecule has 154 valence electrons. The molecule has 0 amide bonds. The first-order valence-electron chi connectivity index (χ1n) is 9.88. The molecule has 1 aliphatic heterocycles. The molecule has 1 aromatic carbocycles. The zero-order valence-corrected chi connectivity index (χ0v) is 18.1. The molecule has 9 heteroatoms. The monoisotopic (exact) mass is 439 g/mol. The van der Waals surface area contributed by atoms with Gasteiger partial charge in [0.15, 0.2) is 16.8 Å². The van der Waals surface area contributed by atoms with Crippen LogP contribution in [0.1, 0.15) is 35.4 Å². The van der Waals surface area contributed by atoms with Gasteiger partial charge in [-0.2, -0.15) is 4.98 Å². The van der Waals surface area contributed by atoms with Crippen LogP contribution in [0.5, 0.6) is 0 Å². The van der Waals surface area contributed by atoms with Gasteiger partial charge in [-0.1, -0.05) is 53.3 Å². The molecule has 1 fully saturated rings. The Kier molecular flexibility index (Phi) is 5.65. The molecule has 7 nitrogen and oxygen atoms in total. The van der Waals surface area contributed by atoms with E-state index in [0.717, 1.165) is 47.4 Å². The van der Waals surface area contributed by atoms with Crippen LogP contribution < -0.4 is 0 Å². The summed E-state index contributed by atoms with van der Waals surface area (Å²) in [5.41, 5.74) is 1.08. The second kappa shape index (κ2) is 8.71. The summed E-state index contributed by atoms with van der Waals surface area (Å²) in [5, 5.41) is 15.8. The lowest BCUT2D eigenvalue weighted by Gasteiger charge is -2.17. The highest BCUT2D eigenvalue weighted by Crippen LogP contribution is 2.40. The Balaban J connectivity index is 1.53. The van der Waals surface area contributed by atoms with Crippen LogP contribution in [0, 0.1) is 6.92 Å². The Morgan fingerprint density at radius 1 is 1.20 bits per heavy atom. The molecule has 1 aliphatic rings. The normalized spacial score (nSPS) is 17.4. The van der Waals surface area contributed by atoms with Gasteiger partial charge < -0.3 is 9.26 Å². The SMILES string of the molecule is Cc1noc([C@@H](Sc2nnc(-c3cccs3)n2C[C@H]2CCCO2)c2ccccc2)n1. The van der Waals surface area contributed by atoms with Gasteiger partial charge in [0, 0.05) is 6.61 Å². The lowest BCUT2D eigenvalue weighted by molar-refractivity contribution is 0.0953. The van der Waals surface area contributed by atoms with Crippen molar-refractivity contribution < 1.29 is 9.26 Å². The van der Waals surface area contributed by atoms with E-state index in [1.807, 2.05) is 31.2 Å². The summed E-state index contributed by atoms with van der Waals surface area (Å²) in [6, 6.07) is 14.3. The molecule has 3 aromatic heterocycles. The third-order valence-corrected chi connectivity index (χ3v) is 7.05. The highest BCUT2D eigenvalue weighted by molar-refractivity contribution is 7.99. The van der Waals surface area contributed by atoms with Gasteiger partial charge >= 0.3 is 0 Å². The predicted molar refractivity (Wildman–Crippen MR) is 115 cm³/mol. The first kappa shape index (κ1) is 19.5. The molecule has 0 unspecified atom stereocenters. The summed E-state index contributed by atoms with van der Waals surface area (Å²) >= 11 is 3.24. The second-order valence-electron chi connectivity index (χ2n) is 7.12. The highest BCUT2D eigenvalue weighted by atomic mass is 32.2. The lowest BCUT2D eigenvalue weighted by Crippen LogP contribution is -2.17. The Bertz CT molecular complexity index is 1090. The van der Waals surface area contributed by atoms with Crippen molar-refractivity contribution in [3.05, 3.63) is 65.1 Å². The fourth-order valence-corrected chi connectivity index (χ4v) is 5.33. The van der Waals surface area contributed by atoms with Crippen LogP contribution >= 0.6 is 23.1 Å². The number of rotatable bonds is 7. The number of aromatic nitrogens is 5. The molecule has 2 atom stereocenters. The van der Waals surface area contributed by atoms with E-state index in [1.54, 1.807) is 23.1 Å². The standard InChI is InChI=1S/C21H21N5O2S2/c1-14-22-20(28-25-14)18(15-7-3-2-4-8-15)30-21-24-23-19(17-10-6-12-29-17)26(21)13-16-9-5-11-27-16/h2-4,6-8,10,12,16,18H,5,9,11,13H2,1H3/t16-,18+/m1/s1. The number of benzene rings is 1. The van der Waals surface area contributed by atoms with Crippen LogP contribution in [-0.4, -0.2) is 37.6 Å². The van der Waals surface area contributed by atoms with Crippen molar-refractivity contribution >= 4 is 23.1 Å². The van der Waals surface area contributed by atoms with Crippen molar-refractivity contribution in [2.75, 3.05) is 6.61 Å². The maximum atomic E-state index is 5.91. The third-order valence-electron chi connectivity index (χ3n) is 4.96. The van der Waals surface area contributed by atoms with E-state index < -0.39 is 0 Å². The van der Waals surface area contributed by atoms with E-state index in [2.05, 4.69) is 48.5 Å². The van der Waals surface area contributed by atoms with Crippen molar-refractivity contribution in [2.24, 2.45) is 0 Å². The van der Waals surface area contributed by atoms with Crippen LogP contribution in [0.15, 0.2) is 57.5 Å². The van der Waals surface area contributed by atoms with Crippen molar-refractivity contribution in [3.8, 4) is 10.7 Å². The van der Waals surface area contributed by atoms with Gasteiger partial charge in [-0.15, -0.1) is 21.5 Å². The van der Waals surface area contributed by atoms with Crippen molar-refractivity contribution in [3.63, 3.8) is 0 Å². The number of ether oxygens (including phenoxy) is 1. The van der Waals surface area contributed by atoms with Crippen LogP contribution in [0.25, 0.3) is 10.7 Å². The fourth-order valence-electron chi connectivity index (χ4n) is 3.53. The van der Waals surface area contributed by atoms with Gasteiger partial charge in [0.25, 0.3) is 0 Å². The number of thioether (sulfide) groups is 1. The van der Waals surface area contributed by atoms with E-state index in [0.29, 0.717) is 11.7 Å². The zero-order valence-electron chi connectivity index (χ0n) is 16.5. The Hall–Kier alpha value is -2.49. The summed E-state index contributed by atoms with van der Waals surface area (Å²) in [4.78, 5) is 5.59. The van der Waals surface area contributed by atoms with Crippen LogP contribution in [0.3, 0.4) is 0 Å². The van der Waals surface area contributed by atoms with Gasteiger partial charge in [0.05, 0.1) is 17.5 Å². The minimum atomic E-state index is -0.170. The molecular weight excluding hydrogens is 418 g/mol. The van der Waals surface area contributed by atoms with Crippen molar-refractivity contribution in [1.29, 1.82) is 0 Å². The number of aryl methyl sites for hydroxylation is 1. The topological polar surface area (TPSA) is 78.9 Å². The molecule has 5 rings (SSSR count). The molecule has 30 heavy (non-hydrogen) atoms. The quantitative estimate of drug-likeness (QED) is 0.384. The van der Waals surface area contributed by atoms with Crippen LogP contribution in [0.4, 0.5) is 0 Å². The smallest absolute Gasteiger partial charge is 0.244 e. The van der Waals surface area contributed by atoms with E-state index in [1.165, 1.54) is 0 Å². The van der Waals surface area contributed by atoms with E-state index in [4.69, 9.17) is 9.26 Å². The number of hydrogen-bond donors (Lipinski definition) is 0. The zero-order chi connectivity index (χ0) is 20.3. The number of nitrogens with zero attached hydrogens (tertiary/aromatic N) is 5. The first-order valence-corrected chi connectivity index (χ1v) is 11.6. The van der Waals surface area contributed by atoms with Crippen LogP contribution in [-0.2, 0) is 11.3 Å². The van der Waals surface area contributed by atoms with Crippen LogP contribution in [0.2, 0.25) is 0 Å². The molecule has 1 saturated heterocycles. The first-order chi connectivity index (χ1) is 14.8. The van der Waals surface area contributed by atoms with E-state index in [-0.39, 0.29) is 11.4 Å². The summed E-state index contributed by atoms with van der Waals surface area (Å²) in [6.45, 7) is 3.37. The molecule has 0 saturated carbocycles. The van der Waals surface area contributed by atoms with Gasteiger partial charge in [-0.25, -0.2) is 0 Å². The Morgan fingerprint density at radius 2 is 2.10 bits per heavy atom. The Labute approximate surface area is 182 Å². The largest absolute Gasteiger partial charge is 0.376 e. The Morgan fingerprint density at radius 3 is 2.80 bits per heavy atom. The molecule has 0 N–H and O–H groups in total. The maximum Gasteiger partial charge on any atom is 0.244 e. The molecule has 0 bridgehead atoms. The number of hydrogen-bond acceptors (Lipinski definition) is 8. The molecular formula is C21H21N5O2S2. The van der Waals surface area contributed by atoms with E-state index in [9.17, 15) is 0 Å². The van der Waals surface area contributed by atoms with Gasteiger partial charge in [0.2, 0.25) is 5.89 Å². The summed E-state index contributed by atoms with van der Waals surface area (Å²) in [5.74, 6) is 2.05. The highest BCUT2D eigenvalue weighted by Gasteiger charge is 2.28. The molecule has 4 aromatic rings. The van der Waals surface area contributed by atoms with Gasteiger partial charge in [0.1, 0.15) is 5.25 Å². The minimum absolute atomic E-state index is 0.170. The van der Waals surface area contributed by atoms with Gasteiger partial charge in [-0.3, -0.25) is 4.57 Å². The van der Waals surface area contributed by atoms with E-state index >= 15 is 0 Å². The molecule has 0 aliphatic carbocycles. The average molecular weight is 440 g/mol. The molecule has 4 heterocycles. The van der Waals surface area contributed by atoms with Gasteiger partial charge in [-0.05, 0) is 36.8 Å². The molecule has 0 radical (unpaired) electrons. The fraction of sp³-hybridized carbons (Fsp3) is 0.333. The second-order valence-corrected chi connectivity index (χ2v) is 9.14. The minimum Gasteiger partial charge on any atom is -0.376 e. The predicted octanol–water partition coefficient (Wildman–Crippen LogP) is 4.76. The summed E-state index contributed by atoms with van der Waals surface area (Å²) < 4.78 is 13.6.